The van der Waals surface area contributed by atoms with Crippen molar-refractivity contribution in [2.75, 3.05) is 0 Å². The van der Waals surface area contributed by atoms with Gasteiger partial charge in [-0.2, -0.15) is 0 Å². The fourth-order valence-electron chi connectivity index (χ4n) is 2.12. The van der Waals surface area contributed by atoms with Gasteiger partial charge in [-0.3, -0.25) is 9.78 Å². The number of benzene rings is 1. The summed E-state index contributed by atoms with van der Waals surface area (Å²) in [6, 6.07) is 10.9. The molecule has 1 aromatic carbocycles. The van der Waals surface area contributed by atoms with Gasteiger partial charge in [0.05, 0.1) is 17.8 Å². The summed E-state index contributed by atoms with van der Waals surface area (Å²) in [5, 5.41) is 11.7. The number of nitrogens with zero attached hydrogens (tertiary/aromatic N) is 1. The van der Waals surface area contributed by atoms with Gasteiger partial charge in [-0.25, -0.2) is 4.79 Å². The van der Waals surface area contributed by atoms with Crippen molar-refractivity contribution < 1.29 is 14.7 Å². The number of hydrogen-bond acceptors (Lipinski definition) is 3. The van der Waals surface area contributed by atoms with Crippen LogP contribution in [0.2, 0.25) is 0 Å². The van der Waals surface area contributed by atoms with Crippen LogP contribution in [0, 0.1) is 6.92 Å². The average Bonchev–Trinajstić information content (AvgIpc) is 2.52. The fraction of sp³-hybridized carbons (Fsp3) is 0.235. The second-order valence-corrected chi connectivity index (χ2v) is 5.04. The molecule has 2 aromatic rings. The number of aromatic carboxylic acids is 1. The zero-order valence-electron chi connectivity index (χ0n) is 12.4. The molecule has 0 atom stereocenters. The van der Waals surface area contributed by atoms with Crippen LogP contribution >= 0.6 is 0 Å². The normalized spacial score (nSPS) is 10.2. The number of rotatable bonds is 6. The first-order chi connectivity index (χ1) is 10.6. The smallest absolute Gasteiger partial charge is 0.335 e. The molecule has 0 radical (unpaired) electrons. The monoisotopic (exact) mass is 298 g/mol. The molecule has 114 valence electrons. The molecule has 5 nitrogen and oxygen atoms in total. The Hall–Kier alpha value is -2.69. The van der Waals surface area contributed by atoms with Gasteiger partial charge in [0.1, 0.15) is 0 Å². The second-order valence-electron chi connectivity index (χ2n) is 5.04. The van der Waals surface area contributed by atoms with Gasteiger partial charge in [0.15, 0.2) is 0 Å². The number of pyridine rings is 1. The van der Waals surface area contributed by atoms with Crippen molar-refractivity contribution in [3.05, 3.63) is 65.0 Å². The van der Waals surface area contributed by atoms with Crippen molar-refractivity contribution in [1.29, 1.82) is 0 Å². The lowest BCUT2D eigenvalue weighted by molar-refractivity contribution is -0.121. The summed E-state index contributed by atoms with van der Waals surface area (Å²) in [6.07, 6.45) is 2.50. The maximum atomic E-state index is 11.9. The SMILES string of the molecule is Cc1ccccc1CCC(=O)NCc1cc(C(=O)O)ccn1. The predicted molar refractivity (Wildman–Crippen MR) is 82.5 cm³/mol. The fourth-order valence-corrected chi connectivity index (χ4v) is 2.12. The highest BCUT2D eigenvalue weighted by molar-refractivity contribution is 5.87. The minimum Gasteiger partial charge on any atom is -0.478 e. The Balaban J connectivity index is 1.84. The highest BCUT2D eigenvalue weighted by Crippen LogP contribution is 2.09. The molecule has 0 unspecified atom stereocenters. The number of aryl methyl sites for hydroxylation is 2. The van der Waals surface area contributed by atoms with Crippen LogP contribution in [-0.2, 0) is 17.8 Å². The molecule has 0 bridgehead atoms. The summed E-state index contributed by atoms with van der Waals surface area (Å²) in [5.41, 5.74) is 3.03. The Morgan fingerprint density at radius 1 is 1.23 bits per heavy atom. The second kappa shape index (κ2) is 7.36. The van der Waals surface area contributed by atoms with Gasteiger partial charge in [0.25, 0.3) is 0 Å². The lowest BCUT2D eigenvalue weighted by Gasteiger charge is -2.07. The molecule has 0 aliphatic carbocycles. The van der Waals surface area contributed by atoms with E-state index in [-0.39, 0.29) is 18.0 Å². The predicted octanol–water partition coefficient (Wildman–Crippen LogP) is 2.34. The van der Waals surface area contributed by atoms with E-state index in [1.807, 2.05) is 31.2 Å². The highest BCUT2D eigenvalue weighted by atomic mass is 16.4. The van der Waals surface area contributed by atoms with Crippen molar-refractivity contribution in [2.45, 2.75) is 26.3 Å². The first-order valence-corrected chi connectivity index (χ1v) is 7.05. The van der Waals surface area contributed by atoms with Crippen LogP contribution in [0.1, 0.15) is 33.6 Å². The first-order valence-electron chi connectivity index (χ1n) is 7.05. The Labute approximate surface area is 129 Å². The van der Waals surface area contributed by atoms with Gasteiger partial charge in [0, 0.05) is 12.6 Å². The third kappa shape index (κ3) is 4.41. The molecule has 22 heavy (non-hydrogen) atoms. The minimum absolute atomic E-state index is 0.0780. The maximum Gasteiger partial charge on any atom is 0.335 e. The Morgan fingerprint density at radius 2 is 2.00 bits per heavy atom. The summed E-state index contributed by atoms with van der Waals surface area (Å²) < 4.78 is 0. The number of hydrogen-bond donors (Lipinski definition) is 2. The summed E-state index contributed by atoms with van der Waals surface area (Å²) in [5.74, 6) is -1.08. The van der Waals surface area contributed by atoms with Gasteiger partial charge >= 0.3 is 5.97 Å². The van der Waals surface area contributed by atoms with Crippen LogP contribution in [0.5, 0.6) is 0 Å². The minimum atomic E-state index is -1.01. The van der Waals surface area contributed by atoms with E-state index in [2.05, 4.69) is 10.3 Å². The Morgan fingerprint density at radius 3 is 2.73 bits per heavy atom. The van der Waals surface area contributed by atoms with Gasteiger partial charge in [0.2, 0.25) is 5.91 Å². The maximum absolute atomic E-state index is 11.9. The van der Waals surface area contributed by atoms with Crippen molar-refractivity contribution >= 4 is 11.9 Å². The molecule has 0 aliphatic rings. The third-order valence-corrected chi connectivity index (χ3v) is 3.41. The van der Waals surface area contributed by atoms with Crippen LogP contribution < -0.4 is 5.32 Å². The Kier molecular flexibility index (Phi) is 5.25. The van der Waals surface area contributed by atoms with Crippen molar-refractivity contribution in [3.63, 3.8) is 0 Å². The zero-order chi connectivity index (χ0) is 15.9. The topological polar surface area (TPSA) is 79.3 Å². The number of carboxylic acids is 1. The lowest BCUT2D eigenvalue weighted by Crippen LogP contribution is -2.23. The van der Waals surface area contributed by atoms with Crippen molar-refractivity contribution in [3.8, 4) is 0 Å². The van der Waals surface area contributed by atoms with Crippen molar-refractivity contribution in [2.24, 2.45) is 0 Å². The number of aromatic nitrogens is 1. The summed E-state index contributed by atoms with van der Waals surface area (Å²) in [7, 11) is 0. The van der Waals surface area contributed by atoms with Crippen LogP contribution in [-0.4, -0.2) is 22.0 Å². The van der Waals surface area contributed by atoms with Gasteiger partial charge in [-0.05, 0) is 36.6 Å². The molecule has 1 aromatic heterocycles. The molecule has 0 spiro atoms. The Bertz CT molecular complexity index is 683. The molecular weight excluding hydrogens is 280 g/mol. The molecule has 0 aliphatic heterocycles. The summed E-state index contributed by atoms with van der Waals surface area (Å²) in [6.45, 7) is 2.25. The van der Waals surface area contributed by atoms with E-state index >= 15 is 0 Å². The van der Waals surface area contributed by atoms with Gasteiger partial charge < -0.3 is 10.4 Å². The van der Waals surface area contributed by atoms with Crippen molar-refractivity contribution in [1.82, 2.24) is 10.3 Å². The van der Waals surface area contributed by atoms with E-state index in [9.17, 15) is 9.59 Å². The number of carboxylic acid groups (broad SMARTS) is 1. The first kappa shape index (κ1) is 15.7. The lowest BCUT2D eigenvalue weighted by atomic mass is 10.0. The largest absolute Gasteiger partial charge is 0.478 e. The number of carbonyl (C=O) groups is 2. The average molecular weight is 298 g/mol. The van der Waals surface area contributed by atoms with E-state index in [1.54, 1.807) is 0 Å². The van der Waals surface area contributed by atoms with Crippen LogP contribution in [0.4, 0.5) is 0 Å². The van der Waals surface area contributed by atoms with E-state index in [4.69, 9.17) is 5.11 Å². The van der Waals surface area contributed by atoms with Crippen LogP contribution in [0.25, 0.3) is 0 Å². The summed E-state index contributed by atoms with van der Waals surface area (Å²) in [4.78, 5) is 26.8. The quantitative estimate of drug-likeness (QED) is 0.858. The number of amides is 1. The summed E-state index contributed by atoms with van der Waals surface area (Å²) >= 11 is 0. The van der Waals surface area contributed by atoms with E-state index in [0.29, 0.717) is 18.5 Å². The molecule has 0 saturated heterocycles. The van der Waals surface area contributed by atoms with Gasteiger partial charge in [-0.1, -0.05) is 24.3 Å². The van der Waals surface area contributed by atoms with E-state index in [0.717, 1.165) is 5.56 Å². The molecule has 1 heterocycles. The standard InChI is InChI=1S/C17H18N2O3/c1-12-4-2-3-5-13(12)6-7-16(20)19-11-15-10-14(17(21)22)8-9-18-15/h2-5,8-10H,6-7,11H2,1H3,(H,19,20)(H,21,22). The zero-order valence-corrected chi connectivity index (χ0v) is 12.4. The van der Waals surface area contributed by atoms with E-state index < -0.39 is 5.97 Å². The molecular formula is C17H18N2O3. The number of nitrogens with one attached hydrogen (secondary N) is 1. The van der Waals surface area contributed by atoms with Gasteiger partial charge in [-0.15, -0.1) is 0 Å². The van der Waals surface area contributed by atoms with E-state index in [1.165, 1.54) is 23.9 Å². The molecule has 2 rings (SSSR count). The van der Waals surface area contributed by atoms with Crippen LogP contribution in [0.15, 0.2) is 42.6 Å². The molecule has 0 fully saturated rings. The molecule has 0 saturated carbocycles. The molecule has 1 amide bonds. The molecule has 5 heteroatoms. The number of carbonyl (C=O) groups excluding carboxylic acids is 1. The third-order valence-electron chi connectivity index (χ3n) is 3.41. The highest BCUT2D eigenvalue weighted by Gasteiger charge is 2.07. The molecule has 2 N–H and O–H groups in total. The van der Waals surface area contributed by atoms with Crippen LogP contribution in [0.3, 0.4) is 0 Å².